The van der Waals surface area contributed by atoms with Crippen molar-refractivity contribution in [2.45, 2.75) is 20.8 Å². The second-order valence-electron chi connectivity index (χ2n) is 4.46. The third kappa shape index (κ3) is 3.96. The van der Waals surface area contributed by atoms with Crippen LogP contribution in [0.5, 0.6) is 0 Å². The number of nitrogens with zero attached hydrogens (tertiary/aromatic N) is 1. The molecule has 0 saturated carbocycles. The molecule has 0 saturated heterocycles. The predicted octanol–water partition coefficient (Wildman–Crippen LogP) is 3.57. The minimum atomic E-state index is 0.453. The third-order valence-electron chi connectivity index (χ3n) is 2.53. The van der Waals surface area contributed by atoms with Crippen molar-refractivity contribution in [3.8, 4) is 0 Å². The van der Waals surface area contributed by atoms with Crippen LogP contribution in [-0.2, 0) is 0 Å². The molecule has 0 atom stereocenters. The average Bonchev–Trinajstić information content (AvgIpc) is 2.25. The minimum absolute atomic E-state index is 0.453. The van der Waals surface area contributed by atoms with E-state index in [4.69, 9.17) is 18.0 Å². The summed E-state index contributed by atoms with van der Waals surface area (Å²) in [6.45, 7) is 8.52. The Bertz CT molecular complexity index is 404. The molecule has 0 radical (unpaired) electrons. The Morgan fingerprint density at radius 3 is 2.59 bits per heavy atom. The van der Waals surface area contributed by atoms with Crippen LogP contribution in [0.2, 0.25) is 0 Å². The molecular weight excluding hydrogens is 296 g/mol. The molecule has 1 aromatic rings. The first kappa shape index (κ1) is 14.5. The fourth-order valence-electron chi connectivity index (χ4n) is 1.81. The van der Waals surface area contributed by atoms with Crippen LogP contribution in [0.15, 0.2) is 22.7 Å². The fraction of sp³-hybridized carbons (Fsp3) is 0.462. The van der Waals surface area contributed by atoms with Gasteiger partial charge in [0.05, 0.1) is 0 Å². The maximum Gasteiger partial charge on any atom is 0.106 e. The Morgan fingerprint density at radius 1 is 1.47 bits per heavy atom. The standard InChI is InChI=1S/C13H19BrN2S/c1-4-16(8-9(2)3)12-7-10(14)5-6-11(12)13(15)17/h5-7,9H,4,8H2,1-3H3,(H2,15,17). The van der Waals surface area contributed by atoms with Gasteiger partial charge in [-0.25, -0.2) is 0 Å². The van der Waals surface area contributed by atoms with Crippen molar-refractivity contribution >= 4 is 38.8 Å². The topological polar surface area (TPSA) is 29.3 Å². The van der Waals surface area contributed by atoms with E-state index in [2.05, 4.69) is 47.7 Å². The lowest BCUT2D eigenvalue weighted by molar-refractivity contribution is 0.618. The summed E-state index contributed by atoms with van der Waals surface area (Å²) < 4.78 is 1.05. The number of hydrogen-bond donors (Lipinski definition) is 1. The molecule has 2 nitrogen and oxygen atoms in total. The molecule has 1 aromatic carbocycles. The summed E-state index contributed by atoms with van der Waals surface area (Å²) in [6, 6.07) is 6.03. The Labute approximate surface area is 117 Å². The molecule has 0 fully saturated rings. The summed E-state index contributed by atoms with van der Waals surface area (Å²) in [4.78, 5) is 2.76. The summed E-state index contributed by atoms with van der Waals surface area (Å²) in [5, 5.41) is 0. The summed E-state index contributed by atoms with van der Waals surface area (Å²) in [5.74, 6) is 0.605. The molecule has 0 aliphatic carbocycles. The van der Waals surface area contributed by atoms with Crippen LogP contribution in [0, 0.1) is 5.92 Å². The normalized spacial score (nSPS) is 10.6. The first-order chi connectivity index (χ1) is 7.95. The van der Waals surface area contributed by atoms with Crippen molar-refractivity contribution in [3.05, 3.63) is 28.2 Å². The molecule has 0 amide bonds. The predicted molar refractivity (Wildman–Crippen MR) is 82.8 cm³/mol. The molecule has 2 N–H and O–H groups in total. The van der Waals surface area contributed by atoms with E-state index >= 15 is 0 Å². The molecule has 0 aliphatic rings. The van der Waals surface area contributed by atoms with E-state index in [1.165, 1.54) is 0 Å². The SMILES string of the molecule is CCN(CC(C)C)c1cc(Br)ccc1C(N)=S. The summed E-state index contributed by atoms with van der Waals surface area (Å²) >= 11 is 8.61. The number of thiocarbonyl (C=S) groups is 1. The molecule has 0 unspecified atom stereocenters. The molecule has 0 aromatic heterocycles. The summed E-state index contributed by atoms with van der Waals surface area (Å²) in [7, 11) is 0. The van der Waals surface area contributed by atoms with Crippen molar-refractivity contribution in [1.29, 1.82) is 0 Å². The van der Waals surface area contributed by atoms with E-state index in [9.17, 15) is 0 Å². The van der Waals surface area contributed by atoms with Crippen LogP contribution in [-0.4, -0.2) is 18.1 Å². The highest BCUT2D eigenvalue weighted by molar-refractivity contribution is 9.10. The van der Waals surface area contributed by atoms with Crippen LogP contribution >= 0.6 is 28.1 Å². The number of halogens is 1. The van der Waals surface area contributed by atoms with Gasteiger partial charge in [-0.3, -0.25) is 0 Å². The van der Waals surface area contributed by atoms with Crippen molar-refractivity contribution in [2.24, 2.45) is 11.7 Å². The van der Waals surface area contributed by atoms with E-state index in [1.807, 2.05) is 12.1 Å². The van der Waals surface area contributed by atoms with Gasteiger partial charge in [0.1, 0.15) is 4.99 Å². The molecule has 4 heteroatoms. The van der Waals surface area contributed by atoms with Gasteiger partial charge in [-0.2, -0.15) is 0 Å². The van der Waals surface area contributed by atoms with Crippen LogP contribution in [0.3, 0.4) is 0 Å². The Kier molecular flexibility index (Phi) is 5.40. The van der Waals surface area contributed by atoms with E-state index in [-0.39, 0.29) is 0 Å². The second-order valence-corrected chi connectivity index (χ2v) is 5.81. The van der Waals surface area contributed by atoms with E-state index in [0.29, 0.717) is 10.9 Å². The monoisotopic (exact) mass is 314 g/mol. The first-order valence-corrected chi connectivity index (χ1v) is 7.00. The third-order valence-corrected chi connectivity index (χ3v) is 3.25. The van der Waals surface area contributed by atoms with Crippen LogP contribution in [0.1, 0.15) is 26.3 Å². The van der Waals surface area contributed by atoms with Crippen LogP contribution in [0.4, 0.5) is 5.69 Å². The number of benzene rings is 1. The van der Waals surface area contributed by atoms with E-state index < -0.39 is 0 Å². The van der Waals surface area contributed by atoms with Crippen molar-refractivity contribution in [3.63, 3.8) is 0 Å². The van der Waals surface area contributed by atoms with Crippen LogP contribution in [0.25, 0.3) is 0 Å². The Morgan fingerprint density at radius 2 is 2.12 bits per heavy atom. The summed E-state index contributed by atoms with van der Waals surface area (Å²) in [5.41, 5.74) is 7.84. The lowest BCUT2D eigenvalue weighted by Gasteiger charge is -2.27. The number of hydrogen-bond acceptors (Lipinski definition) is 2. The largest absolute Gasteiger partial charge is 0.389 e. The lowest BCUT2D eigenvalue weighted by Crippen LogP contribution is -2.29. The highest BCUT2D eigenvalue weighted by Gasteiger charge is 2.13. The molecule has 0 bridgehead atoms. The minimum Gasteiger partial charge on any atom is -0.389 e. The molecule has 94 valence electrons. The molecule has 0 spiro atoms. The number of anilines is 1. The molecule has 17 heavy (non-hydrogen) atoms. The average molecular weight is 315 g/mol. The summed E-state index contributed by atoms with van der Waals surface area (Å²) in [6.07, 6.45) is 0. The Hall–Kier alpha value is -0.610. The van der Waals surface area contributed by atoms with Crippen LogP contribution < -0.4 is 10.6 Å². The van der Waals surface area contributed by atoms with E-state index in [1.54, 1.807) is 0 Å². The highest BCUT2D eigenvalue weighted by atomic mass is 79.9. The van der Waals surface area contributed by atoms with Gasteiger partial charge in [-0.15, -0.1) is 0 Å². The van der Waals surface area contributed by atoms with Gasteiger partial charge in [0, 0.05) is 28.8 Å². The van der Waals surface area contributed by atoms with Crippen molar-refractivity contribution in [2.75, 3.05) is 18.0 Å². The first-order valence-electron chi connectivity index (χ1n) is 5.80. The lowest BCUT2D eigenvalue weighted by atomic mass is 10.1. The van der Waals surface area contributed by atoms with Gasteiger partial charge in [-0.1, -0.05) is 42.0 Å². The number of nitrogens with two attached hydrogens (primary N) is 1. The van der Waals surface area contributed by atoms with Gasteiger partial charge in [0.2, 0.25) is 0 Å². The van der Waals surface area contributed by atoms with Gasteiger partial charge in [-0.05, 0) is 31.0 Å². The molecule has 0 heterocycles. The molecule has 1 rings (SSSR count). The maximum atomic E-state index is 5.78. The Balaban J connectivity index is 3.15. The number of rotatable bonds is 5. The van der Waals surface area contributed by atoms with Crippen molar-refractivity contribution < 1.29 is 0 Å². The zero-order valence-corrected chi connectivity index (χ0v) is 12.9. The maximum absolute atomic E-state index is 5.78. The zero-order chi connectivity index (χ0) is 13.0. The van der Waals surface area contributed by atoms with Gasteiger partial charge >= 0.3 is 0 Å². The second kappa shape index (κ2) is 6.36. The molecular formula is C13H19BrN2S. The smallest absolute Gasteiger partial charge is 0.106 e. The van der Waals surface area contributed by atoms with Crippen molar-refractivity contribution in [1.82, 2.24) is 0 Å². The molecule has 0 aliphatic heterocycles. The van der Waals surface area contributed by atoms with Gasteiger partial charge in [0.25, 0.3) is 0 Å². The van der Waals surface area contributed by atoms with Gasteiger partial charge in [0.15, 0.2) is 0 Å². The quantitative estimate of drug-likeness (QED) is 0.842. The van der Waals surface area contributed by atoms with E-state index in [0.717, 1.165) is 28.8 Å². The zero-order valence-electron chi connectivity index (χ0n) is 10.5. The van der Waals surface area contributed by atoms with Gasteiger partial charge < -0.3 is 10.6 Å². The fourth-order valence-corrected chi connectivity index (χ4v) is 2.33. The highest BCUT2D eigenvalue weighted by Crippen LogP contribution is 2.26.